The molecule has 0 saturated carbocycles. The van der Waals surface area contributed by atoms with E-state index >= 15 is 0 Å². The molecule has 1 saturated heterocycles. The zero-order valence-corrected chi connectivity index (χ0v) is 15.6. The number of nitrogens with zero attached hydrogens (tertiary/aromatic N) is 1. The lowest BCUT2D eigenvalue weighted by Crippen LogP contribution is -2.40. The van der Waals surface area contributed by atoms with Crippen molar-refractivity contribution in [3.63, 3.8) is 0 Å². The van der Waals surface area contributed by atoms with Crippen molar-refractivity contribution in [3.8, 4) is 0 Å². The normalized spacial score (nSPS) is 20.0. The van der Waals surface area contributed by atoms with Gasteiger partial charge in [0.15, 0.2) is 0 Å². The highest BCUT2D eigenvalue weighted by molar-refractivity contribution is 5.94. The maximum Gasteiger partial charge on any atom is 0.251 e. The Hall–Kier alpha value is -1.84. The first-order valence-electron chi connectivity index (χ1n) is 8.82. The second kappa shape index (κ2) is 7.37. The van der Waals surface area contributed by atoms with E-state index in [0.29, 0.717) is 23.8 Å². The Kier molecular flexibility index (Phi) is 5.68. The van der Waals surface area contributed by atoms with Gasteiger partial charge >= 0.3 is 0 Å². The largest absolute Gasteiger partial charge is 0.347 e. The van der Waals surface area contributed by atoms with Crippen LogP contribution in [0.1, 0.15) is 68.8 Å². The van der Waals surface area contributed by atoms with E-state index in [1.807, 2.05) is 44.9 Å². The van der Waals surface area contributed by atoms with E-state index in [0.717, 1.165) is 19.4 Å². The fourth-order valence-corrected chi connectivity index (χ4v) is 3.30. The van der Waals surface area contributed by atoms with Crippen LogP contribution < -0.4 is 5.32 Å². The molecule has 1 heterocycles. The molecule has 2 amide bonds. The number of likely N-dealkylation sites (tertiary alicyclic amines) is 1. The Labute approximate surface area is 145 Å². The summed E-state index contributed by atoms with van der Waals surface area (Å²) >= 11 is 0. The highest BCUT2D eigenvalue weighted by Gasteiger charge is 2.24. The van der Waals surface area contributed by atoms with Gasteiger partial charge in [-0.25, -0.2) is 0 Å². The predicted molar refractivity (Wildman–Crippen MR) is 97.1 cm³/mol. The lowest BCUT2D eigenvalue weighted by atomic mass is 9.85. The Morgan fingerprint density at radius 2 is 1.92 bits per heavy atom. The molecule has 0 radical (unpaired) electrons. The van der Waals surface area contributed by atoms with Gasteiger partial charge in [0.1, 0.15) is 0 Å². The van der Waals surface area contributed by atoms with Crippen LogP contribution in [0.4, 0.5) is 0 Å². The third-order valence-corrected chi connectivity index (χ3v) is 4.64. The number of benzene rings is 1. The first-order chi connectivity index (χ1) is 11.2. The molecule has 1 aliphatic heterocycles. The van der Waals surface area contributed by atoms with Crippen LogP contribution in [0.25, 0.3) is 0 Å². The van der Waals surface area contributed by atoms with Gasteiger partial charge in [-0.15, -0.1) is 0 Å². The third kappa shape index (κ3) is 5.08. The highest BCUT2D eigenvalue weighted by atomic mass is 16.2. The maximum absolute atomic E-state index is 12.2. The molecular formula is C20H30N2O2. The first-order valence-corrected chi connectivity index (χ1v) is 8.82. The molecular weight excluding hydrogens is 300 g/mol. The molecule has 4 heteroatoms. The summed E-state index contributed by atoms with van der Waals surface area (Å²) in [5, 5.41) is 2.98. The van der Waals surface area contributed by atoms with Crippen LogP contribution in [-0.4, -0.2) is 35.8 Å². The molecule has 1 aliphatic rings. The van der Waals surface area contributed by atoms with Gasteiger partial charge in [0.05, 0.1) is 0 Å². The summed E-state index contributed by atoms with van der Waals surface area (Å²) in [4.78, 5) is 25.6. The molecule has 1 fully saturated rings. The van der Waals surface area contributed by atoms with Gasteiger partial charge in [-0.3, -0.25) is 9.59 Å². The minimum Gasteiger partial charge on any atom is -0.347 e. The Bertz CT molecular complexity index is 587. The molecule has 1 aromatic rings. The second-order valence-electron chi connectivity index (χ2n) is 8.14. The summed E-state index contributed by atoms with van der Waals surface area (Å²) in [5.41, 5.74) is 1.72. The number of rotatable bonds is 4. The SMILES string of the molecule is CC(CC1CCC(=O)N(C)C1)c1ccc(C(=O)NC(C)(C)C)cc1. The average molecular weight is 330 g/mol. The van der Waals surface area contributed by atoms with E-state index < -0.39 is 0 Å². The summed E-state index contributed by atoms with van der Waals surface area (Å²) < 4.78 is 0. The Morgan fingerprint density at radius 1 is 1.29 bits per heavy atom. The molecule has 4 nitrogen and oxygen atoms in total. The number of nitrogens with one attached hydrogen (secondary N) is 1. The minimum atomic E-state index is -0.229. The van der Waals surface area contributed by atoms with Crippen LogP contribution >= 0.6 is 0 Å². The minimum absolute atomic E-state index is 0.0332. The summed E-state index contributed by atoms with van der Waals surface area (Å²) in [7, 11) is 1.89. The van der Waals surface area contributed by atoms with Crippen molar-refractivity contribution in [3.05, 3.63) is 35.4 Å². The topological polar surface area (TPSA) is 49.4 Å². The zero-order valence-electron chi connectivity index (χ0n) is 15.6. The average Bonchev–Trinajstić information content (AvgIpc) is 2.49. The molecule has 1 N–H and O–H groups in total. The maximum atomic E-state index is 12.2. The lowest BCUT2D eigenvalue weighted by molar-refractivity contribution is -0.133. The van der Waals surface area contributed by atoms with E-state index in [9.17, 15) is 9.59 Å². The summed E-state index contributed by atoms with van der Waals surface area (Å²) in [6, 6.07) is 7.92. The molecule has 0 bridgehead atoms. The highest BCUT2D eigenvalue weighted by Crippen LogP contribution is 2.29. The van der Waals surface area contributed by atoms with E-state index in [4.69, 9.17) is 0 Å². The summed E-state index contributed by atoms with van der Waals surface area (Å²) in [6.45, 7) is 9.02. The molecule has 2 atom stereocenters. The van der Waals surface area contributed by atoms with Crippen molar-refractivity contribution in [1.82, 2.24) is 10.2 Å². The van der Waals surface area contributed by atoms with Crippen molar-refractivity contribution in [2.45, 2.75) is 58.4 Å². The molecule has 2 unspecified atom stereocenters. The Balaban J connectivity index is 1.95. The van der Waals surface area contributed by atoms with Crippen LogP contribution in [0.3, 0.4) is 0 Å². The fraction of sp³-hybridized carbons (Fsp3) is 0.600. The van der Waals surface area contributed by atoms with Crippen molar-refractivity contribution in [2.24, 2.45) is 5.92 Å². The molecule has 2 rings (SSSR count). The van der Waals surface area contributed by atoms with Gasteiger partial charge < -0.3 is 10.2 Å². The number of carbonyl (C=O) groups excluding carboxylic acids is 2. The van der Waals surface area contributed by atoms with Crippen LogP contribution in [-0.2, 0) is 4.79 Å². The number of carbonyl (C=O) groups is 2. The van der Waals surface area contributed by atoms with E-state index in [2.05, 4.69) is 24.4 Å². The van der Waals surface area contributed by atoms with Crippen LogP contribution in [0.2, 0.25) is 0 Å². The van der Waals surface area contributed by atoms with Gasteiger partial charge in [0, 0.05) is 31.1 Å². The summed E-state index contributed by atoms with van der Waals surface area (Å²) in [5.74, 6) is 1.21. The van der Waals surface area contributed by atoms with E-state index in [1.165, 1.54) is 5.56 Å². The molecule has 132 valence electrons. The zero-order chi connectivity index (χ0) is 17.9. The van der Waals surface area contributed by atoms with Crippen LogP contribution in [0.15, 0.2) is 24.3 Å². The second-order valence-corrected chi connectivity index (χ2v) is 8.14. The Morgan fingerprint density at radius 3 is 2.46 bits per heavy atom. The number of amides is 2. The summed E-state index contributed by atoms with van der Waals surface area (Å²) in [6.07, 6.45) is 2.73. The van der Waals surface area contributed by atoms with E-state index in [1.54, 1.807) is 0 Å². The quantitative estimate of drug-likeness (QED) is 0.917. The van der Waals surface area contributed by atoms with Crippen molar-refractivity contribution < 1.29 is 9.59 Å². The van der Waals surface area contributed by atoms with Gasteiger partial charge in [0.25, 0.3) is 5.91 Å². The smallest absolute Gasteiger partial charge is 0.251 e. The molecule has 0 spiro atoms. The molecule has 0 aliphatic carbocycles. The van der Waals surface area contributed by atoms with Gasteiger partial charge in [-0.05, 0) is 63.1 Å². The van der Waals surface area contributed by atoms with Crippen molar-refractivity contribution in [1.29, 1.82) is 0 Å². The predicted octanol–water partition coefficient (Wildman–Crippen LogP) is 3.58. The number of hydrogen-bond donors (Lipinski definition) is 1. The van der Waals surface area contributed by atoms with Crippen molar-refractivity contribution in [2.75, 3.05) is 13.6 Å². The van der Waals surface area contributed by atoms with Gasteiger partial charge in [-0.1, -0.05) is 19.1 Å². The van der Waals surface area contributed by atoms with Crippen LogP contribution in [0, 0.1) is 5.92 Å². The third-order valence-electron chi connectivity index (χ3n) is 4.64. The monoisotopic (exact) mass is 330 g/mol. The van der Waals surface area contributed by atoms with Crippen molar-refractivity contribution >= 4 is 11.8 Å². The fourth-order valence-electron chi connectivity index (χ4n) is 3.30. The molecule has 1 aromatic carbocycles. The molecule has 0 aromatic heterocycles. The van der Waals surface area contributed by atoms with E-state index in [-0.39, 0.29) is 17.4 Å². The van der Waals surface area contributed by atoms with Gasteiger partial charge in [0.2, 0.25) is 5.91 Å². The standard InChI is InChI=1S/C20H30N2O2/c1-14(12-15-6-11-18(23)22(5)13-15)16-7-9-17(10-8-16)19(24)21-20(2,3)4/h7-10,14-15H,6,11-13H2,1-5H3,(H,21,24). The van der Waals surface area contributed by atoms with Crippen LogP contribution in [0.5, 0.6) is 0 Å². The van der Waals surface area contributed by atoms with Gasteiger partial charge in [-0.2, -0.15) is 0 Å². The number of piperidine rings is 1. The lowest BCUT2D eigenvalue weighted by Gasteiger charge is -2.31. The number of hydrogen-bond acceptors (Lipinski definition) is 2. The molecule has 24 heavy (non-hydrogen) atoms. The first kappa shape index (κ1) is 18.5.